The summed E-state index contributed by atoms with van der Waals surface area (Å²) in [5.74, 6) is 0.608. The number of rotatable bonds is 5. The Labute approximate surface area is 182 Å². The van der Waals surface area contributed by atoms with Crippen molar-refractivity contribution in [1.29, 1.82) is 0 Å². The average molecular weight is 421 g/mol. The number of esters is 1. The van der Waals surface area contributed by atoms with Crippen LogP contribution in [0.2, 0.25) is 0 Å². The number of aryl methyl sites for hydroxylation is 1. The molecule has 0 aliphatic carbocycles. The lowest BCUT2D eigenvalue weighted by Crippen LogP contribution is -2.36. The molecule has 0 radical (unpaired) electrons. The first-order chi connectivity index (χ1) is 15.1. The highest BCUT2D eigenvalue weighted by atomic mass is 16.5. The van der Waals surface area contributed by atoms with Crippen molar-refractivity contribution in [3.8, 4) is 0 Å². The number of carbonyl (C=O) groups excluding carboxylic acids is 2. The zero-order valence-corrected chi connectivity index (χ0v) is 18.1. The van der Waals surface area contributed by atoms with Gasteiger partial charge in [0.2, 0.25) is 5.91 Å². The molecule has 7 nitrogen and oxygen atoms in total. The van der Waals surface area contributed by atoms with Crippen molar-refractivity contribution >= 4 is 28.6 Å². The molecule has 1 saturated heterocycles. The minimum absolute atomic E-state index is 0.153. The number of nitrogens with one attached hydrogen (secondary N) is 1. The quantitative estimate of drug-likeness (QED) is 0.641. The average Bonchev–Trinajstić information content (AvgIpc) is 2.94. The van der Waals surface area contributed by atoms with E-state index in [2.05, 4.69) is 20.9 Å². The number of para-hydroxylation sites is 1. The molecule has 1 aliphatic rings. The van der Waals surface area contributed by atoms with Crippen LogP contribution in [0.3, 0.4) is 0 Å². The van der Waals surface area contributed by atoms with Crippen LogP contribution in [0.15, 0.2) is 42.6 Å². The van der Waals surface area contributed by atoms with Crippen LogP contribution in [0, 0.1) is 6.92 Å². The maximum absolute atomic E-state index is 13.1. The molecule has 162 valence electrons. The lowest BCUT2D eigenvalue weighted by molar-refractivity contribution is -0.130. The standard InChI is InChI=1S/C24H28N4O3/c1-3-31-24(30)18-9-10-22(25-16-18)27-11-6-12-28(14-13-27)23(29)15-20-17(2)26-21-8-5-4-7-19(20)21/h4-5,7-10,16,26H,3,6,11-15H2,1-2H3. The number of fused-ring (bicyclic) bond motifs is 1. The fourth-order valence-corrected chi connectivity index (χ4v) is 4.13. The van der Waals surface area contributed by atoms with Gasteiger partial charge >= 0.3 is 5.97 Å². The summed E-state index contributed by atoms with van der Waals surface area (Å²) in [6.07, 6.45) is 2.84. The Hall–Kier alpha value is -3.35. The van der Waals surface area contributed by atoms with Gasteiger partial charge in [-0.25, -0.2) is 9.78 Å². The number of hydrogen-bond acceptors (Lipinski definition) is 5. The first-order valence-electron chi connectivity index (χ1n) is 10.8. The minimum Gasteiger partial charge on any atom is -0.462 e. The summed E-state index contributed by atoms with van der Waals surface area (Å²) in [6.45, 7) is 7.07. The van der Waals surface area contributed by atoms with Crippen molar-refractivity contribution in [3.05, 3.63) is 59.4 Å². The monoisotopic (exact) mass is 420 g/mol. The molecule has 1 aromatic carbocycles. The van der Waals surface area contributed by atoms with E-state index in [1.165, 1.54) is 0 Å². The Morgan fingerprint density at radius 1 is 1.10 bits per heavy atom. The van der Waals surface area contributed by atoms with E-state index in [-0.39, 0.29) is 11.9 Å². The second-order valence-corrected chi connectivity index (χ2v) is 7.80. The van der Waals surface area contributed by atoms with Crippen molar-refractivity contribution < 1.29 is 14.3 Å². The van der Waals surface area contributed by atoms with Crippen LogP contribution in [0.25, 0.3) is 10.9 Å². The Morgan fingerprint density at radius 2 is 1.94 bits per heavy atom. The molecule has 3 heterocycles. The van der Waals surface area contributed by atoms with Gasteiger partial charge in [0.25, 0.3) is 0 Å². The molecule has 0 atom stereocenters. The number of hydrogen-bond donors (Lipinski definition) is 1. The second-order valence-electron chi connectivity index (χ2n) is 7.80. The van der Waals surface area contributed by atoms with Gasteiger partial charge in [0.15, 0.2) is 0 Å². The molecule has 1 aliphatic heterocycles. The molecule has 0 spiro atoms. The Bertz CT molecular complexity index is 1070. The van der Waals surface area contributed by atoms with E-state index >= 15 is 0 Å². The van der Waals surface area contributed by atoms with Crippen molar-refractivity contribution in [3.63, 3.8) is 0 Å². The van der Waals surface area contributed by atoms with Gasteiger partial charge in [-0.15, -0.1) is 0 Å². The second kappa shape index (κ2) is 9.20. The third-order valence-corrected chi connectivity index (χ3v) is 5.79. The third kappa shape index (κ3) is 4.55. The number of benzene rings is 1. The molecular formula is C24H28N4O3. The van der Waals surface area contributed by atoms with Gasteiger partial charge < -0.3 is 19.5 Å². The molecule has 0 bridgehead atoms. The maximum Gasteiger partial charge on any atom is 0.339 e. The summed E-state index contributed by atoms with van der Waals surface area (Å²) in [6, 6.07) is 11.7. The summed E-state index contributed by atoms with van der Waals surface area (Å²) < 4.78 is 5.01. The van der Waals surface area contributed by atoms with Gasteiger partial charge in [-0.3, -0.25) is 4.79 Å². The number of carbonyl (C=O) groups is 2. The zero-order chi connectivity index (χ0) is 21.8. The van der Waals surface area contributed by atoms with E-state index < -0.39 is 0 Å². The fourth-order valence-electron chi connectivity index (χ4n) is 4.13. The summed E-state index contributed by atoms with van der Waals surface area (Å²) in [7, 11) is 0. The van der Waals surface area contributed by atoms with Crippen LogP contribution in [0.4, 0.5) is 5.82 Å². The molecule has 2 aromatic heterocycles. The number of ether oxygens (including phenoxy) is 1. The van der Waals surface area contributed by atoms with Crippen LogP contribution >= 0.6 is 0 Å². The molecule has 4 rings (SSSR count). The summed E-state index contributed by atoms with van der Waals surface area (Å²) in [5, 5.41) is 1.12. The summed E-state index contributed by atoms with van der Waals surface area (Å²) in [4.78, 5) is 36.8. The Morgan fingerprint density at radius 3 is 2.71 bits per heavy atom. The lowest BCUT2D eigenvalue weighted by Gasteiger charge is -2.23. The molecular weight excluding hydrogens is 392 g/mol. The molecule has 7 heteroatoms. The highest BCUT2D eigenvalue weighted by molar-refractivity contribution is 5.90. The molecule has 3 aromatic rings. The third-order valence-electron chi connectivity index (χ3n) is 5.79. The first kappa shape index (κ1) is 20.9. The van der Waals surface area contributed by atoms with Crippen LogP contribution in [-0.2, 0) is 16.0 Å². The van der Waals surface area contributed by atoms with E-state index in [9.17, 15) is 9.59 Å². The number of amides is 1. The summed E-state index contributed by atoms with van der Waals surface area (Å²) in [5.41, 5.74) is 3.66. The number of aromatic amines is 1. The maximum atomic E-state index is 13.1. The van der Waals surface area contributed by atoms with Crippen LogP contribution < -0.4 is 4.90 Å². The van der Waals surface area contributed by atoms with Gasteiger partial charge in [0.05, 0.1) is 18.6 Å². The van der Waals surface area contributed by atoms with Crippen molar-refractivity contribution in [2.75, 3.05) is 37.7 Å². The highest BCUT2D eigenvalue weighted by Crippen LogP contribution is 2.23. The zero-order valence-electron chi connectivity index (χ0n) is 18.1. The number of aromatic nitrogens is 2. The lowest BCUT2D eigenvalue weighted by atomic mass is 10.1. The van der Waals surface area contributed by atoms with Crippen molar-refractivity contribution in [2.24, 2.45) is 0 Å². The Balaban J connectivity index is 1.40. The van der Waals surface area contributed by atoms with Gasteiger partial charge in [-0.1, -0.05) is 18.2 Å². The smallest absolute Gasteiger partial charge is 0.339 e. The van der Waals surface area contributed by atoms with Crippen LogP contribution in [0.1, 0.15) is 35.0 Å². The number of H-pyrrole nitrogens is 1. The van der Waals surface area contributed by atoms with Gasteiger partial charge in [0.1, 0.15) is 5.82 Å². The SMILES string of the molecule is CCOC(=O)c1ccc(N2CCCN(C(=O)Cc3c(C)[nH]c4ccccc34)CC2)nc1. The fraction of sp³-hybridized carbons (Fsp3) is 0.375. The van der Waals surface area contributed by atoms with Crippen molar-refractivity contribution in [1.82, 2.24) is 14.9 Å². The van der Waals surface area contributed by atoms with Gasteiger partial charge in [0, 0.05) is 49.0 Å². The minimum atomic E-state index is -0.359. The van der Waals surface area contributed by atoms with E-state index in [1.54, 1.807) is 19.2 Å². The largest absolute Gasteiger partial charge is 0.462 e. The topological polar surface area (TPSA) is 78.5 Å². The predicted octanol–water partition coefficient (Wildman–Crippen LogP) is 3.33. The van der Waals surface area contributed by atoms with E-state index in [0.717, 1.165) is 47.5 Å². The van der Waals surface area contributed by atoms with Crippen molar-refractivity contribution in [2.45, 2.75) is 26.7 Å². The Kier molecular flexibility index (Phi) is 6.21. The molecule has 1 amide bonds. The number of nitrogens with zero attached hydrogens (tertiary/aromatic N) is 3. The van der Waals surface area contributed by atoms with E-state index in [1.807, 2.05) is 36.1 Å². The molecule has 0 unspecified atom stereocenters. The molecule has 1 N–H and O–H groups in total. The van der Waals surface area contributed by atoms with E-state index in [0.29, 0.717) is 31.7 Å². The summed E-state index contributed by atoms with van der Waals surface area (Å²) >= 11 is 0. The number of anilines is 1. The van der Waals surface area contributed by atoms with Gasteiger partial charge in [-0.05, 0) is 44.0 Å². The van der Waals surface area contributed by atoms with E-state index in [4.69, 9.17) is 4.74 Å². The molecule has 1 fully saturated rings. The predicted molar refractivity (Wildman–Crippen MR) is 120 cm³/mol. The highest BCUT2D eigenvalue weighted by Gasteiger charge is 2.22. The van der Waals surface area contributed by atoms with Gasteiger partial charge in [-0.2, -0.15) is 0 Å². The number of pyridine rings is 1. The normalized spacial score (nSPS) is 14.5. The van der Waals surface area contributed by atoms with Crippen LogP contribution in [0.5, 0.6) is 0 Å². The van der Waals surface area contributed by atoms with Crippen LogP contribution in [-0.4, -0.2) is 59.5 Å². The molecule has 31 heavy (non-hydrogen) atoms. The first-order valence-corrected chi connectivity index (χ1v) is 10.8. The molecule has 0 saturated carbocycles.